The lowest BCUT2D eigenvalue weighted by Crippen LogP contribution is -2.64. The third kappa shape index (κ3) is 30.7. The van der Waals surface area contributed by atoms with Gasteiger partial charge < -0.3 is 119 Å². The quantitative estimate of drug-likeness (QED) is 0.0163. The number of unbranched alkanes of at least 4 members (excludes halogenated alkanes) is 3. The molecule has 5 amide bonds. The molecule has 0 radical (unpaired) electrons. The number of ether oxygens (including phenoxy) is 8. The molecule has 0 aliphatic carbocycles. The number of rotatable bonds is 38. The molecule has 0 aromatic heterocycles. The van der Waals surface area contributed by atoms with Crippen molar-refractivity contribution in [1.82, 2.24) is 26.6 Å². The average molecular weight is 1330 g/mol. The van der Waals surface area contributed by atoms with E-state index in [9.17, 15) is 88.3 Å². The standard InChI is InChI=1S/C35H66N4O20P2.C18H29NO9/c1-20(44)36-28-32(50)30(48)24(15-42)58-34(28)54-11-7-5-9-26(46)38-22(13-40)17-56-60(3,52)19-61(4,53)57-18-23(14-41)39-27(47)10-6-8-12-55-35-29(37-21(2)45)33(51)31(49)25(16-43)59-35;1-10-16(19-11(2)20)18(25-8-6-5-7-15(23)24)28-14(9-26-12(3)21)17(10)27-13(4)22/h22-25,28-35,40-43,48-51H,5-19H2,1-4H3,(H,36,44)(H,37,45)(H,38,46)(H,39,47);10,14,16-18H,5-9H2,1-4H3,(H,19,20)(H,23,24)/t22-,23+,24?,25?,28?,29?,30-,31-,32+,33+,34+,35+,60?,61?;10-,14?,16?,17-,18-/m01/s1. The van der Waals surface area contributed by atoms with Crippen molar-refractivity contribution in [2.24, 2.45) is 5.92 Å². The first-order valence-corrected chi connectivity index (χ1v) is 33.6. The number of amides is 5. The molecule has 3 aliphatic rings. The summed E-state index contributed by atoms with van der Waals surface area (Å²) in [6.45, 7) is 7.49. The Balaban J connectivity index is 0.000000802. The van der Waals surface area contributed by atoms with Crippen LogP contribution in [0.25, 0.3) is 0 Å². The van der Waals surface area contributed by atoms with Crippen molar-refractivity contribution in [2.45, 2.75) is 197 Å². The molecule has 89 heavy (non-hydrogen) atoms. The maximum atomic E-state index is 13.2. The fourth-order valence-corrected chi connectivity index (χ4v) is 14.7. The first-order chi connectivity index (χ1) is 41.8. The van der Waals surface area contributed by atoms with E-state index in [1.807, 2.05) is 0 Å². The van der Waals surface area contributed by atoms with Gasteiger partial charge in [0.25, 0.3) is 0 Å². The highest BCUT2D eigenvalue weighted by atomic mass is 31.2. The number of carbonyl (C=O) groups is 8. The minimum Gasteiger partial charge on any atom is -0.481 e. The number of carboxylic acid groups (broad SMARTS) is 1. The van der Waals surface area contributed by atoms with Crippen LogP contribution in [-0.2, 0) is 94.4 Å². The summed E-state index contributed by atoms with van der Waals surface area (Å²) < 4.78 is 81.5. The van der Waals surface area contributed by atoms with Gasteiger partial charge in [0, 0.05) is 92.9 Å². The van der Waals surface area contributed by atoms with Crippen molar-refractivity contribution < 1.29 is 140 Å². The summed E-state index contributed by atoms with van der Waals surface area (Å²) in [5.74, 6) is -5.09. The highest BCUT2D eigenvalue weighted by Gasteiger charge is 2.49. The molecule has 0 aromatic rings. The zero-order chi connectivity index (χ0) is 67.2. The summed E-state index contributed by atoms with van der Waals surface area (Å²) in [7, 11) is -7.27. The fourth-order valence-electron chi connectivity index (χ4n) is 9.31. The fraction of sp³-hybridized carbons (Fsp3) is 0.849. The van der Waals surface area contributed by atoms with Crippen molar-refractivity contribution in [2.75, 3.05) is 85.3 Å². The van der Waals surface area contributed by atoms with E-state index in [0.717, 1.165) is 0 Å². The molecule has 14 N–H and O–H groups in total. The molecule has 516 valence electrons. The van der Waals surface area contributed by atoms with Crippen LogP contribution in [0.15, 0.2) is 0 Å². The van der Waals surface area contributed by atoms with Crippen molar-refractivity contribution in [3.05, 3.63) is 0 Å². The second-order valence-electron chi connectivity index (χ2n) is 21.9. The Morgan fingerprint density at radius 3 is 1.24 bits per heavy atom. The molecule has 0 aromatic carbocycles. The van der Waals surface area contributed by atoms with Gasteiger partial charge >= 0.3 is 17.9 Å². The molecule has 3 fully saturated rings. The maximum absolute atomic E-state index is 13.2. The van der Waals surface area contributed by atoms with Gasteiger partial charge in [0.2, 0.25) is 44.3 Å². The van der Waals surface area contributed by atoms with Crippen molar-refractivity contribution >= 4 is 62.2 Å². The Morgan fingerprint density at radius 2 is 0.888 bits per heavy atom. The van der Waals surface area contributed by atoms with Crippen molar-refractivity contribution in [3.63, 3.8) is 0 Å². The molecule has 19 atom stereocenters. The van der Waals surface area contributed by atoms with E-state index >= 15 is 0 Å². The number of aliphatic hydroxyl groups is 8. The van der Waals surface area contributed by atoms with Gasteiger partial charge in [-0.05, 0) is 38.5 Å². The molecule has 0 spiro atoms. The molecule has 34 nitrogen and oxygen atoms in total. The van der Waals surface area contributed by atoms with Gasteiger partial charge in [-0.1, -0.05) is 6.92 Å². The molecule has 3 saturated heterocycles. The van der Waals surface area contributed by atoms with Crippen LogP contribution in [0.2, 0.25) is 0 Å². The third-order valence-electron chi connectivity index (χ3n) is 13.7. The predicted molar refractivity (Wildman–Crippen MR) is 307 cm³/mol. The van der Waals surface area contributed by atoms with Crippen LogP contribution in [0.5, 0.6) is 0 Å². The van der Waals surface area contributed by atoms with E-state index in [0.29, 0.717) is 38.5 Å². The molecule has 0 saturated carbocycles. The van der Waals surface area contributed by atoms with Gasteiger partial charge in [-0.2, -0.15) is 0 Å². The normalized spacial score (nSPS) is 28.8. The minimum atomic E-state index is -3.63. The predicted octanol–water partition coefficient (Wildman–Crippen LogP) is -3.37. The summed E-state index contributed by atoms with van der Waals surface area (Å²) in [6, 6.07) is -4.74. The van der Waals surface area contributed by atoms with E-state index < -0.39 is 187 Å². The molecule has 8 unspecified atom stereocenters. The smallest absolute Gasteiger partial charge is 0.303 e. The van der Waals surface area contributed by atoms with Gasteiger partial charge in [0.15, 0.2) is 18.9 Å². The summed E-state index contributed by atoms with van der Waals surface area (Å²) in [6.07, 6.45) is -10.7. The van der Waals surface area contributed by atoms with Gasteiger partial charge in [-0.25, -0.2) is 0 Å². The zero-order valence-electron chi connectivity index (χ0n) is 51.5. The second kappa shape index (κ2) is 41.2. The summed E-state index contributed by atoms with van der Waals surface area (Å²) >= 11 is 0. The molecular formula is C53H95N5O29P2. The average Bonchev–Trinajstić information content (AvgIpc) is 1.01. The Kier molecular flexibility index (Phi) is 37.4. The van der Waals surface area contributed by atoms with Gasteiger partial charge in [0.05, 0.1) is 57.8 Å². The first kappa shape index (κ1) is 80.7. The van der Waals surface area contributed by atoms with Crippen LogP contribution in [0.4, 0.5) is 0 Å². The second-order valence-corrected chi connectivity index (χ2v) is 27.6. The highest BCUT2D eigenvalue weighted by molar-refractivity contribution is 7.75. The third-order valence-corrected chi connectivity index (χ3v) is 19.2. The van der Waals surface area contributed by atoms with Crippen LogP contribution < -0.4 is 26.6 Å². The van der Waals surface area contributed by atoms with Gasteiger partial charge in [-0.15, -0.1) is 0 Å². The SMILES string of the molecule is CC(=O)NC1[C@H](OCCCCC(=O)N[C@H](CO)COP(C)(=O)CP(C)(=O)OC[C@H](CO)NC(=O)CCCCO[C@@H]2OC(CO)[C@H](O)[C@H](O)C2NC(C)=O)OC(CO)[C@H](O)[C@@H]1O.CC(=O)NC1[C@H](OCCCCC(=O)O)OC(COC(C)=O)[C@H](OC(C)=O)[C@@H]1C. The lowest BCUT2D eigenvalue weighted by Gasteiger charge is -2.44. The van der Waals surface area contributed by atoms with E-state index in [4.69, 9.17) is 52.0 Å². The Morgan fingerprint density at radius 1 is 0.517 bits per heavy atom. The van der Waals surface area contributed by atoms with E-state index in [2.05, 4.69) is 26.6 Å². The number of carbonyl (C=O) groups excluding carboxylic acids is 7. The number of esters is 2. The number of hydrogen-bond acceptors (Lipinski definition) is 28. The Hall–Kier alpha value is -4.42. The van der Waals surface area contributed by atoms with Crippen LogP contribution in [0.1, 0.15) is 99.3 Å². The molecule has 0 bridgehead atoms. The number of hydrogen-bond donors (Lipinski definition) is 14. The summed E-state index contributed by atoms with van der Waals surface area (Å²) in [5, 5.41) is 101. The van der Waals surface area contributed by atoms with Crippen LogP contribution in [0.3, 0.4) is 0 Å². The Bertz CT molecular complexity index is 2210. The summed E-state index contributed by atoms with van der Waals surface area (Å²) in [4.78, 5) is 93.1. The maximum Gasteiger partial charge on any atom is 0.303 e. The highest BCUT2D eigenvalue weighted by Crippen LogP contribution is 2.59. The van der Waals surface area contributed by atoms with Crippen LogP contribution in [0, 0.1) is 5.92 Å². The van der Waals surface area contributed by atoms with Gasteiger partial charge in [0.1, 0.15) is 73.4 Å². The Labute approximate surface area is 516 Å². The molecule has 3 aliphatic heterocycles. The van der Waals surface area contributed by atoms with Gasteiger partial charge in [-0.3, -0.25) is 47.5 Å². The molecular weight excluding hydrogens is 1230 g/mol. The molecule has 36 heteroatoms. The number of carboxylic acids is 1. The number of nitrogens with one attached hydrogen (secondary N) is 5. The van der Waals surface area contributed by atoms with E-state index in [-0.39, 0.29) is 70.7 Å². The van der Waals surface area contributed by atoms with Crippen LogP contribution in [-0.4, -0.2) is 277 Å². The first-order valence-electron chi connectivity index (χ1n) is 29.1. The minimum absolute atomic E-state index is 0.0120. The van der Waals surface area contributed by atoms with E-state index in [1.165, 1.54) is 47.9 Å². The molecule has 3 heterocycles. The lowest BCUT2D eigenvalue weighted by molar-refractivity contribution is -0.270. The zero-order valence-corrected chi connectivity index (χ0v) is 53.3. The number of aliphatic carboxylic acids is 1. The lowest BCUT2D eigenvalue weighted by atomic mass is 9.88. The van der Waals surface area contributed by atoms with Crippen molar-refractivity contribution in [3.8, 4) is 0 Å². The van der Waals surface area contributed by atoms with Crippen LogP contribution >= 0.6 is 14.7 Å². The molecule has 3 rings (SSSR count). The monoisotopic (exact) mass is 1330 g/mol. The topological polar surface area (TPSA) is 505 Å². The summed E-state index contributed by atoms with van der Waals surface area (Å²) in [5.41, 5.74) is 0. The number of aliphatic hydroxyl groups excluding tert-OH is 8. The van der Waals surface area contributed by atoms with E-state index in [1.54, 1.807) is 6.92 Å². The van der Waals surface area contributed by atoms with Crippen molar-refractivity contribution in [1.29, 1.82) is 0 Å². The largest absolute Gasteiger partial charge is 0.481 e.